The summed E-state index contributed by atoms with van der Waals surface area (Å²) in [7, 11) is 0. The molecule has 0 bridgehead atoms. The molecular weight excluding hydrogens is 208 g/mol. The Labute approximate surface area is 96.1 Å². The summed E-state index contributed by atoms with van der Waals surface area (Å²) < 4.78 is 11.4. The summed E-state index contributed by atoms with van der Waals surface area (Å²) in [5.41, 5.74) is 11.8. The Kier molecular flexibility index (Phi) is 4.16. The van der Waals surface area contributed by atoms with Crippen LogP contribution in [-0.4, -0.2) is 42.3 Å². The van der Waals surface area contributed by atoms with Crippen LogP contribution in [0.4, 0.5) is 0 Å². The topological polar surface area (TPSA) is 90.7 Å². The quantitative estimate of drug-likeness (QED) is 0.619. The molecule has 0 aromatic heterocycles. The maximum atomic E-state index is 8.95. The average Bonchev–Trinajstić information content (AvgIpc) is 2.64. The Morgan fingerprint density at radius 1 is 1.12 bits per heavy atom. The number of aliphatic hydroxyl groups excluding tert-OH is 1. The van der Waals surface area contributed by atoms with Gasteiger partial charge in [-0.05, 0) is 25.7 Å². The Hall–Kier alpha value is -0.200. The van der Waals surface area contributed by atoms with E-state index in [-0.39, 0.29) is 37.2 Å². The van der Waals surface area contributed by atoms with E-state index in [1.807, 2.05) is 0 Å². The molecule has 16 heavy (non-hydrogen) atoms. The highest BCUT2D eigenvalue weighted by atomic mass is 16.7. The van der Waals surface area contributed by atoms with Gasteiger partial charge in [-0.15, -0.1) is 0 Å². The Morgan fingerprint density at radius 3 is 2.38 bits per heavy atom. The lowest BCUT2D eigenvalue weighted by Gasteiger charge is -2.32. The van der Waals surface area contributed by atoms with Gasteiger partial charge in [-0.1, -0.05) is 0 Å². The molecule has 1 aliphatic carbocycles. The van der Waals surface area contributed by atoms with Crippen LogP contribution in [-0.2, 0) is 9.47 Å². The van der Waals surface area contributed by atoms with Crippen LogP contribution in [0.1, 0.15) is 32.1 Å². The largest absolute Gasteiger partial charge is 0.394 e. The Bertz CT molecular complexity index is 217. The molecule has 0 unspecified atom stereocenters. The van der Waals surface area contributed by atoms with Gasteiger partial charge in [0.15, 0.2) is 6.29 Å². The highest BCUT2D eigenvalue weighted by molar-refractivity contribution is 4.84. The van der Waals surface area contributed by atoms with Crippen LogP contribution >= 0.6 is 0 Å². The van der Waals surface area contributed by atoms with E-state index in [1.165, 1.54) is 0 Å². The second-order valence-electron chi connectivity index (χ2n) is 4.93. The summed E-state index contributed by atoms with van der Waals surface area (Å²) in [6, 6.07) is 0.285. The fraction of sp³-hybridized carbons (Fsp3) is 1.00. The van der Waals surface area contributed by atoms with Gasteiger partial charge in [-0.25, -0.2) is 0 Å². The third-order valence-electron chi connectivity index (χ3n) is 3.35. The van der Waals surface area contributed by atoms with Gasteiger partial charge in [-0.3, -0.25) is 0 Å². The van der Waals surface area contributed by atoms with Crippen LogP contribution in [0.2, 0.25) is 0 Å². The van der Waals surface area contributed by atoms with Gasteiger partial charge in [0.05, 0.1) is 18.8 Å². The van der Waals surface area contributed by atoms with Crippen LogP contribution in [0, 0.1) is 0 Å². The summed E-state index contributed by atoms with van der Waals surface area (Å²) in [5.74, 6) is 0. The molecule has 1 saturated carbocycles. The van der Waals surface area contributed by atoms with E-state index in [9.17, 15) is 0 Å². The van der Waals surface area contributed by atoms with Gasteiger partial charge in [0.25, 0.3) is 0 Å². The lowest BCUT2D eigenvalue weighted by Crippen LogP contribution is -2.44. The normalized spacial score (nSPS) is 44.8. The summed E-state index contributed by atoms with van der Waals surface area (Å²) in [6.45, 7) is 0.0730. The van der Waals surface area contributed by atoms with Crippen LogP contribution < -0.4 is 11.5 Å². The number of hydrogen-bond donors (Lipinski definition) is 3. The highest BCUT2D eigenvalue weighted by Crippen LogP contribution is 2.26. The first-order valence-electron chi connectivity index (χ1n) is 6.10. The minimum Gasteiger partial charge on any atom is -0.394 e. The summed E-state index contributed by atoms with van der Waals surface area (Å²) in [4.78, 5) is 0. The fourth-order valence-corrected chi connectivity index (χ4v) is 2.59. The highest BCUT2D eigenvalue weighted by Gasteiger charge is 2.31. The number of ether oxygens (including phenoxy) is 2. The molecule has 0 amide bonds. The number of hydrogen-bond acceptors (Lipinski definition) is 5. The zero-order valence-electron chi connectivity index (χ0n) is 9.55. The van der Waals surface area contributed by atoms with Crippen molar-refractivity contribution in [1.82, 2.24) is 0 Å². The monoisotopic (exact) mass is 230 g/mol. The van der Waals surface area contributed by atoms with E-state index in [0.29, 0.717) is 0 Å². The lowest BCUT2D eigenvalue weighted by molar-refractivity contribution is -0.174. The fourth-order valence-electron chi connectivity index (χ4n) is 2.59. The Morgan fingerprint density at radius 2 is 1.81 bits per heavy atom. The summed E-state index contributed by atoms with van der Waals surface area (Å²) in [6.07, 6.45) is 4.19. The first-order valence-corrected chi connectivity index (χ1v) is 6.10. The third kappa shape index (κ3) is 3.15. The first kappa shape index (κ1) is 12.3. The second-order valence-corrected chi connectivity index (χ2v) is 4.93. The lowest BCUT2D eigenvalue weighted by atomic mass is 9.90. The summed E-state index contributed by atoms with van der Waals surface area (Å²) >= 11 is 0. The molecule has 2 fully saturated rings. The maximum Gasteiger partial charge on any atom is 0.158 e. The van der Waals surface area contributed by atoms with Crippen molar-refractivity contribution in [2.24, 2.45) is 11.5 Å². The van der Waals surface area contributed by atoms with Crippen molar-refractivity contribution in [1.29, 1.82) is 0 Å². The number of aliphatic hydroxyl groups is 1. The predicted molar refractivity (Wildman–Crippen MR) is 59.7 cm³/mol. The molecule has 1 aliphatic heterocycles. The van der Waals surface area contributed by atoms with Crippen molar-refractivity contribution in [3.63, 3.8) is 0 Å². The zero-order valence-corrected chi connectivity index (χ0v) is 9.55. The molecule has 5 N–H and O–H groups in total. The molecule has 0 aromatic carbocycles. The molecule has 5 nitrogen and oxygen atoms in total. The van der Waals surface area contributed by atoms with Crippen LogP contribution in [0.15, 0.2) is 0 Å². The van der Waals surface area contributed by atoms with Crippen LogP contribution in [0.25, 0.3) is 0 Å². The van der Waals surface area contributed by atoms with Crippen molar-refractivity contribution in [3.05, 3.63) is 0 Å². The molecule has 1 saturated heterocycles. The van der Waals surface area contributed by atoms with Gasteiger partial charge >= 0.3 is 0 Å². The molecule has 0 aromatic rings. The number of rotatable bonds is 3. The van der Waals surface area contributed by atoms with Crippen molar-refractivity contribution >= 4 is 0 Å². The van der Waals surface area contributed by atoms with Crippen molar-refractivity contribution in [2.75, 3.05) is 6.61 Å². The minimum atomic E-state index is -0.181. The van der Waals surface area contributed by atoms with E-state index >= 15 is 0 Å². The van der Waals surface area contributed by atoms with Crippen molar-refractivity contribution in [3.8, 4) is 0 Å². The predicted octanol–water partition coefficient (Wildman–Crippen LogP) is -0.292. The van der Waals surface area contributed by atoms with Crippen LogP contribution in [0.3, 0.4) is 0 Å². The number of nitrogens with two attached hydrogens (primary N) is 2. The maximum absolute atomic E-state index is 8.95. The zero-order chi connectivity index (χ0) is 11.5. The van der Waals surface area contributed by atoms with Gasteiger partial charge in [-0.2, -0.15) is 0 Å². The van der Waals surface area contributed by atoms with E-state index in [1.54, 1.807) is 0 Å². The standard InChI is InChI=1S/C11H22N2O3/c12-7-3-8(13)5-10(4-7)16-11-2-1-9(6-14)15-11/h7-11,14H,1-6,12-13H2/t7-,8+,9-,10-,11-/m0/s1. The third-order valence-corrected chi connectivity index (χ3v) is 3.35. The van der Waals surface area contributed by atoms with E-state index < -0.39 is 0 Å². The van der Waals surface area contributed by atoms with Gasteiger partial charge < -0.3 is 26.0 Å². The molecule has 1 heterocycles. The van der Waals surface area contributed by atoms with Crippen LogP contribution in [0.5, 0.6) is 0 Å². The molecule has 2 aliphatic rings. The molecule has 0 spiro atoms. The van der Waals surface area contributed by atoms with E-state index in [4.69, 9.17) is 26.0 Å². The molecular formula is C11H22N2O3. The Balaban J connectivity index is 1.77. The van der Waals surface area contributed by atoms with Gasteiger partial charge in [0, 0.05) is 18.5 Å². The molecule has 94 valence electrons. The molecule has 2 rings (SSSR count). The first-order chi connectivity index (χ1) is 7.67. The van der Waals surface area contributed by atoms with E-state index in [2.05, 4.69) is 0 Å². The van der Waals surface area contributed by atoms with E-state index in [0.717, 1.165) is 32.1 Å². The van der Waals surface area contributed by atoms with Crippen molar-refractivity contribution < 1.29 is 14.6 Å². The molecule has 0 radical (unpaired) electrons. The summed E-state index contributed by atoms with van der Waals surface area (Å²) in [5, 5.41) is 8.95. The minimum absolute atomic E-state index is 0.0593. The average molecular weight is 230 g/mol. The second kappa shape index (κ2) is 5.42. The van der Waals surface area contributed by atoms with Gasteiger partial charge in [0.2, 0.25) is 0 Å². The molecule has 5 heteroatoms. The smallest absolute Gasteiger partial charge is 0.158 e. The molecule has 5 atom stereocenters. The SMILES string of the molecule is N[C@@H]1C[C@H](N)C[C@H](O[C@H]2CC[C@@H](CO)O2)C1. The van der Waals surface area contributed by atoms with Crippen molar-refractivity contribution in [2.45, 2.75) is 62.7 Å². The van der Waals surface area contributed by atoms with Gasteiger partial charge in [0.1, 0.15) is 0 Å².